The van der Waals surface area contributed by atoms with E-state index >= 15 is 0 Å². The maximum absolute atomic E-state index is 13.8. The number of fused-ring (bicyclic) bond motifs is 1. The van der Waals surface area contributed by atoms with Gasteiger partial charge in [-0.25, -0.2) is 13.9 Å². The van der Waals surface area contributed by atoms with Gasteiger partial charge in [-0.2, -0.15) is 9.61 Å². The monoisotopic (exact) mass is 411 g/mol. The van der Waals surface area contributed by atoms with Crippen LogP contribution in [0.2, 0.25) is 5.02 Å². The van der Waals surface area contributed by atoms with Crippen LogP contribution in [0.25, 0.3) is 16.9 Å². The lowest BCUT2D eigenvalue weighted by Crippen LogP contribution is -2.29. The zero-order valence-electron chi connectivity index (χ0n) is 15.3. The highest BCUT2D eigenvalue weighted by Gasteiger charge is 2.14. The quantitative estimate of drug-likeness (QED) is 0.558. The van der Waals surface area contributed by atoms with E-state index < -0.39 is 17.4 Å². The number of aromatic nitrogens is 4. The summed E-state index contributed by atoms with van der Waals surface area (Å²) in [6.45, 7) is 1.60. The van der Waals surface area contributed by atoms with Crippen molar-refractivity contribution in [2.45, 2.75) is 13.5 Å². The number of benzene rings is 2. The maximum Gasteiger partial charge on any atom is 0.367 e. The first-order valence-electron chi connectivity index (χ1n) is 8.69. The summed E-state index contributed by atoms with van der Waals surface area (Å²) in [5.41, 5.74) is 2.27. The summed E-state index contributed by atoms with van der Waals surface area (Å²) >= 11 is 5.70. The van der Waals surface area contributed by atoms with Crippen LogP contribution in [-0.4, -0.2) is 25.3 Å². The summed E-state index contributed by atoms with van der Waals surface area (Å²) in [7, 11) is 0. The van der Waals surface area contributed by atoms with Crippen LogP contribution in [0.3, 0.4) is 0 Å². The molecule has 146 valence electrons. The third-order valence-electron chi connectivity index (χ3n) is 4.29. The highest BCUT2D eigenvalue weighted by molar-refractivity contribution is 6.30. The molecule has 0 aliphatic rings. The lowest BCUT2D eigenvalue weighted by atomic mass is 10.1. The fourth-order valence-corrected chi connectivity index (χ4v) is 2.97. The van der Waals surface area contributed by atoms with Crippen LogP contribution in [-0.2, 0) is 11.3 Å². The summed E-state index contributed by atoms with van der Waals surface area (Å²) in [4.78, 5) is 24.8. The highest BCUT2D eigenvalue weighted by Crippen LogP contribution is 2.19. The van der Waals surface area contributed by atoms with E-state index in [9.17, 15) is 14.0 Å². The number of anilines is 1. The molecule has 0 radical (unpaired) electrons. The van der Waals surface area contributed by atoms with E-state index in [0.717, 1.165) is 26.4 Å². The molecule has 0 aliphatic carbocycles. The van der Waals surface area contributed by atoms with Gasteiger partial charge in [-0.05, 0) is 37.3 Å². The molecule has 9 heteroatoms. The Morgan fingerprint density at radius 3 is 2.59 bits per heavy atom. The van der Waals surface area contributed by atoms with Crippen molar-refractivity contribution in [2.24, 2.45) is 0 Å². The molecule has 4 aromatic rings. The van der Waals surface area contributed by atoms with E-state index in [-0.39, 0.29) is 17.3 Å². The zero-order chi connectivity index (χ0) is 20.5. The minimum absolute atomic E-state index is 0.0315. The lowest BCUT2D eigenvalue weighted by molar-refractivity contribution is -0.117. The Morgan fingerprint density at radius 2 is 1.86 bits per heavy atom. The smallest absolute Gasteiger partial charge is 0.322 e. The summed E-state index contributed by atoms with van der Waals surface area (Å²) in [6, 6.07) is 15.0. The van der Waals surface area contributed by atoms with Gasteiger partial charge in [-0.15, -0.1) is 5.10 Å². The van der Waals surface area contributed by atoms with Gasteiger partial charge in [-0.3, -0.25) is 4.79 Å². The molecule has 0 aliphatic heterocycles. The van der Waals surface area contributed by atoms with Gasteiger partial charge < -0.3 is 5.32 Å². The molecule has 0 bridgehead atoms. The van der Waals surface area contributed by atoms with Crippen molar-refractivity contribution in [3.05, 3.63) is 81.5 Å². The minimum atomic E-state index is -0.669. The topological polar surface area (TPSA) is 81.3 Å². The van der Waals surface area contributed by atoms with E-state index in [4.69, 9.17) is 11.6 Å². The second-order valence-corrected chi connectivity index (χ2v) is 6.90. The lowest BCUT2D eigenvalue weighted by Gasteiger charge is -2.06. The number of carbonyl (C=O) groups is 1. The first kappa shape index (κ1) is 18.8. The standard InChI is InChI=1S/C20H15ClFN5O2/c1-12-2-4-13(5-3-12)16-8-9-18-25-26(20(29)27(18)24-16)11-19(28)23-17-7-6-14(21)10-15(17)22/h2-10H,11H2,1H3,(H,23,28). The van der Waals surface area contributed by atoms with E-state index in [1.807, 2.05) is 31.2 Å². The summed E-state index contributed by atoms with van der Waals surface area (Å²) in [5, 5.41) is 11.0. The Hall–Kier alpha value is -3.52. The van der Waals surface area contributed by atoms with E-state index in [0.29, 0.717) is 11.3 Å². The number of hydrogen-bond acceptors (Lipinski definition) is 4. The normalized spacial score (nSPS) is 11.0. The molecule has 2 aromatic carbocycles. The maximum atomic E-state index is 13.8. The van der Waals surface area contributed by atoms with Crippen molar-refractivity contribution in [2.75, 3.05) is 5.32 Å². The number of nitrogens with zero attached hydrogens (tertiary/aromatic N) is 4. The van der Waals surface area contributed by atoms with Crippen molar-refractivity contribution < 1.29 is 9.18 Å². The van der Waals surface area contributed by atoms with Crippen molar-refractivity contribution in [3.8, 4) is 11.3 Å². The van der Waals surface area contributed by atoms with Crippen molar-refractivity contribution in [1.82, 2.24) is 19.4 Å². The van der Waals surface area contributed by atoms with Gasteiger partial charge in [0.2, 0.25) is 5.91 Å². The van der Waals surface area contributed by atoms with E-state index in [1.54, 1.807) is 12.1 Å². The minimum Gasteiger partial charge on any atom is -0.322 e. The second kappa shape index (κ2) is 7.48. The third kappa shape index (κ3) is 3.88. The highest BCUT2D eigenvalue weighted by atomic mass is 35.5. The molecular formula is C20H15ClFN5O2. The first-order chi connectivity index (χ1) is 13.9. The SMILES string of the molecule is Cc1ccc(-c2ccc3nn(CC(=O)Nc4ccc(Cl)cc4F)c(=O)n3n2)cc1. The summed E-state index contributed by atoms with van der Waals surface area (Å²) < 4.78 is 15.9. The number of rotatable bonds is 4. The van der Waals surface area contributed by atoms with Gasteiger partial charge in [0.25, 0.3) is 0 Å². The van der Waals surface area contributed by atoms with Crippen LogP contribution < -0.4 is 11.0 Å². The third-order valence-corrected chi connectivity index (χ3v) is 4.52. The van der Waals surface area contributed by atoms with Crippen LogP contribution in [0.4, 0.5) is 10.1 Å². The average Bonchev–Trinajstić information content (AvgIpc) is 3.00. The first-order valence-corrected chi connectivity index (χ1v) is 9.07. The van der Waals surface area contributed by atoms with Gasteiger partial charge in [0, 0.05) is 10.6 Å². The van der Waals surface area contributed by atoms with Gasteiger partial charge in [0.05, 0.1) is 11.4 Å². The molecule has 0 atom stereocenters. The molecule has 0 saturated heterocycles. The molecule has 0 saturated carbocycles. The molecule has 0 spiro atoms. The molecule has 2 heterocycles. The molecule has 1 N–H and O–H groups in total. The van der Waals surface area contributed by atoms with Crippen LogP contribution in [0.15, 0.2) is 59.4 Å². The van der Waals surface area contributed by atoms with Crippen molar-refractivity contribution >= 4 is 28.8 Å². The largest absolute Gasteiger partial charge is 0.367 e. The Bertz CT molecular complexity index is 1280. The number of halogens is 2. The summed E-state index contributed by atoms with van der Waals surface area (Å²) in [6.07, 6.45) is 0. The number of amides is 1. The second-order valence-electron chi connectivity index (χ2n) is 6.47. The van der Waals surface area contributed by atoms with Gasteiger partial charge >= 0.3 is 5.69 Å². The molecule has 1 amide bonds. The van der Waals surface area contributed by atoms with Crippen LogP contribution in [0.5, 0.6) is 0 Å². The molecular weight excluding hydrogens is 397 g/mol. The average molecular weight is 412 g/mol. The van der Waals surface area contributed by atoms with Gasteiger partial charge in [0.1, 0.15) is 12.4 Å². The molecule has 0 fully saturated rings. The predicted molar refractivity (Wildman–Crippen MR) is 107 cm³/mol. The number of aryl methyl sites for hydroxylation is 1. The number of nitrogens with one attached hydrogen (secondary N) is 1. The molecule has 7 nitrogen and oxygen atoms in total. The predicted octanol–water partition coefficient (Wildman–Crippen LogP) is 3.30. The van der Waals surface area contributed by atoms with Crippen LogP contribution in [0, 0.1) is 12.7 Å². The van der Waals surface area contributed by atoms with E-state index in [2.05, 4.69) is 15.5 Å². The van der Waals surface area contributed by atoms with Crippen LogP contribution >= 0.6 is 11.6 Å². The van der Waals surface area contributed by atoms with Crippen molar-refractivity contribution in [3.63, 3.8) is 0 Å². The molecule has 4 rings (SSSR count). The Labute approximate surface area is 169 Å². The fraction of sp³-hybridized carbons (Fsp3) is 0.100. The Balaban J connectivity index is 1.59. The molecule has 2 aromatic heterocycles. The fourth-order valence-electron chi connectivity index (χ4n) is 2.81. The summed E-state index contributed by atoms with van der Waals surface area (Å²) in [5.74, 6) is -1.27. The van der Waals surface area contributed by atoms with Gasteiger partial charge in [-0.1, -0.05) is 41.4 Å². The Morgan fingerprint density at radius 1 is 1.10 bits per heavy atom. The van der Waals surface area contributed by atoms with E-state index in [1.165, 1.54) is 12.1 Å². The van der Waals surface area contributed by atoms with Crippen molar-refractivity contribution in [1.29, 1.82) is 0 Å². The Kier molecular flexibility index (Phi) is 4.85. The van der Waals surface area contributed by atoms with Crippen LogP contribution in [0.1, 0.15) is 5.56 Å². The zero-order valence-corrected chi connectivity index (χ0v) is 16.0. The number of hydrogen-bond donors (Lipinski definition) is 1. The molecule has 0 unspecified atom stereocenters. The molecule has 29 heavy (non-hydrogen) atoms. The number of carbonyl (C=O) groups excluding carboxylic acids is 1. The van der Waals surface area contributed by atoms with Gasteiger partial charge in [0.15, 0.2) is 5.65 Å².